The SMILES string of the molecule is CCCCC/C=C/C/C=C/C/C=C/C/C=C/CCCC(=O)OC[C@@H](COC(=O)CCCCCCCCCCCCCCC)OC(=O)CCCCCCCCCCCCCCCC. The van der Waals surface area contributed by atoms with E-state index in [4.69, 9.17) is 14.2 Å². The van der Waals surface area contributed by atoms with E-state index >= 15 is 0 Å². The first-order valence-corrected chi connectivity index (χ1v) is 26.6. The Kier molecular flexibility index (Phi) is 48.8. The van der Waals surface area contributed by atoms with Crippen LogP contribution in [0.5, 0.6) is 0 Å². The Hall–Kier alpha value is -2.63. The molecule has 0 amide bonds. The number of rotatable bonds is 48. The second-order valence-corrected chi connectivity index (χ2v) is 17.8. The highest BCUT2D eigenvalue weighted by molar-refractivity contribution is 5.71. The summed E-state index contributed by atoms with van der Waals surface area (Å²) >= 11 is 0. The van der Waals surface area contributed by atoms with Gasteiger partial charge in [-0.3, -0.25) is 14.4 Å². The number of esters is 3. The molecule has 0 bridgehead atoms. The minimum atomic E-state index is -0.790. The van der Waals surface area contributed by atoms with E-state index in [9.17, 15) is 14.4 Å². The molecule has 1 atom stereocenters. The molecule has 0 aliphatic rings. The zero-order chi connectivity index (χ0) is 45.1. The van der Waals surface area contributed by atoms with Crippen molar-refractivity contribution in [2.24, 2.45) is 0 Å². The first-order chi connectivity index (χ1) is 30.5. The fourth-order valence-electron chi connectivity index (χ4n) is 7.55. The van der Waals surface area contributed by atoms with Crippen molar-refractivity contribution in [2.75, 3.05) is 13.2 Å². The van der Waals surface area contributed by atoms with Crippen LogP contribution in [0.3, 0.4) is 0 Å². The number of allylic oxidation sites excluding steroid dienone is 8. The molecule has 0 aromatic heterocycles. The second kappa shape index (κ2) is 51.0. The second-order valence-electron chi connectivity index (χ2n) is 17.8. The van der Waals surface area contributed by atoms with Crippen molar-refractivity contribution in [3.8, 4) is 0 Å². The molecule has 6 heteroatoms. The molecular weight excluding hydrogens is 769 g/mol. The van der Waals surface area contributed by atoms with Crippen LogP contribution in [0.1, 0.15) is 271 Å². The molecule has 6 nitrogen and oxygen atoms in total. The largest absolute Gasteiger partial charge is 0.462 e. The van der Waals surface area contributed by atoms with E-state index < -0.39 is 6.10 Å². The van der Waals surface area contributed by atoms with E-state index in [0.717, 1.165) is 64.2 Å². The summed E-state index contributed by atoms with van der Waals surface area (Å²) in [6.07, 6.45) is 60.9. The zero-order valence-electron chi connectivity index (χ0n) is 41.1. The van der Waals surface area contributed by atoms with Gasteiger partial charge in [0.15, 0.2) is 6.10 Å². The summed E-state index contributed by atoms with van der Waals surface area (Å²) in [4.78, 5) is 38.0. The molecule has 0 spiro atoms. The summed E-state index contributed by atoms with van der Waals surface area (Å²) < 4.78 is 16.8. The summed E-state index contributed by atoms with van der Waals surface area (Å²) in [6, 6.07) is 0. The Labute approximate surface area is 384 Å². The standard InChI is InChI=1S/C56H100O6/c1-4-7-10-13-16-19-22-25-27-28-29-32-34-37-40-43-46-49-55(58)61-52-53(51-60-54(57)48-45-42-39-36-33-30-24-21-18-15-12-9-6-3)62-56(59)50-47-44-41-38-35-31-26-23-20-17-14-11-8-5-2/h16,19,25,27,29,32,37,40,53H,4-15,17-18,20-24,26,28,30-31,33-36,38-39,41-52H2,1-3H3/b19-16+,27-25+,32-29+,40-37+/t53-/m1/s1. The van der Waals surface area contributed by atoms with E-state index in [1.807, 2.05) is 0 Å². The van der Waals surface area contributed by atoms with Crippen LogP contribution in [-0.2, 0) is 28.6 Å². The van der Waals surface area contributed by atoms with Crippen LogP contribution in [0.4, 0.5) is 0 Å². The Bertz CT molecular complexity index is 1090. The van der Waals surface area contributed by atoms with Crippen molar-refractivity contribution in [2.45, 2.75) is 277 Å². The number of hydrogen-bond acceptors (Lipinski definition) is 6. The Morgan fingerprint density at radius 1 is 0.323 bits per heavy atom. The molecule has 360 valence electrons. The number of carbonyl (C=O) groups excluding carboxylic acids is 3. The third kappa shape index (κ3) is 48.4. The van der Waals surface area contributed by atoms with Crippen molar-refractivity contribution in [3.63, 3.8) is 0 Å². The topological polar surface area (TPSA) is 78.9 Å². The van der Waals surface area contributed by atoms with Crippen LogP contribution >= 0.6 is 0 Å². The van der Waals surface area contributed by atoms with Gasteiger partial charge < -0.3 is 14.2 Å². The van der Waals surface area contributed by atoms with Gasteiger partial charge in [0.05, 0.1) is 0 Å². The predicted octanol–water partition coefficient (Wildman–Crippen LogP) is 17.5. The maximum absolute atomic E-state index is 12.8. The molecule has 0 saturated carbocycles. The zero-order valence-corrected chi connectivity index (χ0v) is 41.1. The number of unbranched alkanes of at least 4 members (excludes halogenated alkanes) is 29. The fourth-order valence-corrected chi connectivity index (χ4v) is 7.55. The van der Waals surface area contributed by atoms with Crippen LogP contribution < -0.4 is 0 Å². The van der Waals surface area contributed by atoms with Crippen LogP contribution in [0, 0.1) is 0 Å². The van der Waals surface area contributed by atoms with Gasteiger partial charge in [0.25, 0.3) is 0 Å². The van der Waals surface area contributed by atoms with Gasteiger partial charge in [0, 0.05) is 19.3 Å². The molecule has 0 N–H and O–H groups in total. The van der Waals surface area contributed by atoms with Crippen LogP contribution in [0.2, 0.25) is 0 Å². The van der Waals surface area contributed by atoms with Crippen LogP contribution in [-0.4, -0.2) is 37.2 Å². The van der Waals surface area contributed by atoms with Crippen molar-refractivity contribution >= 4 is 17.9 Å². The normalized spacial score (nSPS) is 12.4. The molecular formula is C56H100O6. The van der Waals surface area contributed by atoms with E-state index in [2.05, 4.69) is 69.4 Å². The summed E-state index contributed by atoms with van der Waals surface area (Å²) in [5, 5.41) is 0. The summed E-state index contributed by atoms with van der Waals surface area (Å²) in [5.74, 6) is -0.934. The quantitative estimate of drug-likeness (QED) is 0.0262. The lowest BCUT2D eigenvalue weighted by molar-refractivity contribution is -0.167. The van der Waals surface area contributed by atoms with Crippen LogP contribution in [0.15, 0.2) is 48.6 Å². The Morgan fingerprint density at radius 3 is 0.968 bits per heavy atom. The monoisotopic (exact) mass is 869 g/mol. The Balaban J connectivity index is 4.43. The lowest BCUT2D eigenvalue weighted by Gasteiger charge is -2.18. The lowest BCUT2D eigenvalue weighted by Crippen LogP contribution is -2.30. The lowest BCUT2D eigenvalue weighted by atomic mass is 10.0. The molecule has 0 aliphatic carbocycles. The fraction of sp³-hybridized carbons (Fsp3) is 0.804. The molecule has 0 rings (SSSR count). The van der Waals surface area contributed by atoms with E-state index in [-0.39, 0.29) is 37.5 Å². The van der Waals surface area contributed by atoms with Gasteiger partial charge in [-0.15, -0.1) is 0 Å². The highest BCUT2D eigenvalue weighted by atomic mass is 16.6. The predicted molar refractivity (Wildman–Crippen MR) is 265 cm³/mol. The highest BCUT2D eigenvalue weighted by Gasteiger charge is 2.19. The van der Waals surface area contributed by atoms with Crippen molar-refractivity contribution in [1.82, 2.24) is 0 Å². The van der Waals surface area contributed by atoms with Gasteiger partial charge in [0.1, 0.15) is 13.2 Å². The first kappa shape index (κ1) is 59.4. The maximum Gasteiger partial charge on any atom is 0.306 e. The van der Waals surface area contributed by atoms with Gasteiger partial charge in [-0.2, -0.15) is 0 Å². The van der Waals surface area contributed by atoms with Crippen molar-refractivity contribution in [1.29, 1.82) is 0 Å². The first-order valence-electron chi connectivity index (χ1n) is 26.6. The van der Waals surface area contributed by atoms with E-state index in [1.54, 1.807) is 0 Å². The molecule has 0 saturated heterocycles. The van der Waals surface area contributed by atoms with Crippen molar-refractivity contribution < 1.29 is 28.6 Å². The van der Waals surface area contributed by atoms with Crippen molar-refractivity contribution in [3.05, 3.63) is 48.6 Å². The molecule has 0 aliphatic heterocycles. The molecule has 0 unspecified atom stereocenters. The van der Waals surface area contributed by atoms with Gasteiger partial charge in [-0.05, 0) is 57.8 Å². The summed E-state index contributed by atoms with van der Waals surface area (Å²) in [5.41, 5.74) is 0. The third-order valence-electron chi connectivity index (χ3n) is 11.6. The van der Waals surface area contributed by atoms with E-state index in [0.29, 0.717) is 19.3 Å². The molecule has 0 aromatic carbocycles. The number of ether oxygens (including phenoxy) is 3. The summed E-state index contributed by atoms with van der Waals surface area (Å²) in [7, 11) is 0. The van der Waals surface area contributed by atoms with Gasteiger partial charge in [0.2, 0.25) is 0 Å². The number of hydrogen-bond donors (Lipinski definition) is 0. The van der Waals surface area contributed by atoms with Crippen LogP contribution in [0.25, 0.3) is 0 Å². The minimum Gasteiger partial charge on any atom is -0.462 e. The van der Waals surface area contributed by atoms with Gasteiger partial charge in [-0.25, -0.2) is 0 Å². The average molecular weight is 869 g/mol. The average Bonchev–Trinajstić information content (AvgIpc) is 3.27. The molecule has 0 radical (unpaired) electrons. The number of carbonyl (C=O) groups is 3. The molecule has 0 heterocycles. The van der Waals surface area contributed by atoms with Gasteiger partial charge >= 0.3 is 17.9 Å². The highest BCUT2D eigenvalue weighted by Crippen LogP contribution is 2.16. The van der Waals surface area contributed by atoms with E-state index in [1.165, 1.54) is 161 Å². The smallest absolute Gasteiger partial charge is 0.306 e. The Morgan fingerprint density at radius 2 is 0.597 bits per heavy atom. The summed E-state index contributed by atoms with van der Waals surface area (Å²) in [6.45, 7) is 6.58. The molecule has 0 aromatic rings. The molecule has 0 fully saturated rings. The third-order valence-corrected chi connectivity index (χ3v) is 11.6. The molecule has 62 heavy (non-hydrogen) atoms. The maximum atomic E-state index is 12.8. The minimum absolute atomic E-state index is 0.0861. The van der Waals surface area contributed by atoms with Gasteiger partial charge in [-0.1, -0.05) is 243 Å².